The normalized spacial score (nSPS) is 26.5. The minimum Gasteiger partial charge on any atom is -0.595 e. The highest BCUT2D eigenvalue weighted by atomic mass is 16.8. The number of hydrogen-bond acceptors (Lipinski definition) is 9. The molecule has 8 N–H and O–H groups in total. The first kappa shape index (κ1) is 19.9. The predicted octanol–water partition coefficient (Wildman–Crippen LogP) is -3.18. The summed E-state index contributed by atoms with van der Waals surface area (Å²) in [5.41, 5.74) is -2.05. The Labute approximate surface area is 142 Å². The van der Waals surface area contributed by atoms with Gasteiger partial charge >= 0.3 is 0 Å². The van der Waals surface area contributed by atoms with Crippen molar-refractivity contribution in [2.45, 2.75) is 31.4 Å². The molecule has 1 aromatic carbocycles. The van der Waals surface area contributed by atoms with Crippen LogP contribution in [0.15, 0.2) is 12.1 Å². The van der Waals surface area contributed by atoms with Crippen molar-refractivity contribution in [3.8, 4) is 5.75 Å². The summed E-state index contributed by atoms with van der Waals surface area (Å²) in [6.45, 7) is 2.35. The zero-order valence-electron chi connectivity index (χ0n) is 13.3. The average Bonchev–Trinajstić information content (AvgIpc) is 3.13. The zero-order valence-corrected chi connectivity index (χ0v) is 13.3. The Morgan fingerprint density at radius 2 is 1.48 bits per heavy atom. The minimum absolute atomic E-state index is 0.00694. The smallest absolute Gasteiger partial charge is 0.247 e. The molecular weight excluding hydrogens is 340 g/mol. The number of quaternary nitrogens is 3. The molecule has 2 fully saturated rings. The van der Waals surface area contributed by atoms with Gasteiger partial charge in [0.1, 0.15) is 0 Å². The molecule has 2 aliphatic heterocycles. The molecule has 2 saturated heterocycles. The fourth-order valence-corrected chi connectivity index (χ4v) is 3.14. The quantitative estimate of drug-likeness (QED) is 0.156. The largest absolute Gasteiger partial charge is 0.595 e. The zero-order chi connectivity index (χ0) is 18.7. The third kappa shape index (κ3) is 4.60. The molecule has 12 nitrogen and oxygen atoms in total. The molecule has 0 spiro atoms. The summed E-state index contributed by atoms with van der Waals surface area (Å²) in [4.78, 5) is 2.41. The Morgan fingerprint density at radius 3 is 1.92 bits per heavy atom. The maximum atomic E-state index is 10.6. The van der Waals surface area contributed by atoms with Gasteiger partial charge in [-0.05, 0) is 25.8 Å². The molecule has 25 heavy (non-hydrogen) atoms. The van der Waals surface area contributed by atoms with E-state index >= 15 is 0 Å². The molecule has 0 bridgehead atoms. The highest BCUT2D eigenvalue weighted by Gasteiger charge is 2.35. The summed E-state index contributed by atoms with van der Waals surface area (Å²) in [6, 6.07) is 1.91. The molecule has 3 rings (SSSR count). The van der Waals surface area contributed by atoms with Gasteiger partial charge < -0.3 is 25.8 Å². The number of nitrogens with zero attached hydrogens (tertiary/aromatic N) is 1. The standard InChI is InChI=1S/C7H13NO.C6H9N3O7/c9-7-3-5-8-4-1-2-6(7)8;10-6-4(8(13)14)1-3(7(11)12)2-5(6)9(15)16/h6-7,9H,1-5H2;1-2,7-11,13,15H. The molecule has 2 heterocycles. The van der Waals surface area contributed by atoms with Crippen LogP contribution in [0.4, 0.5) is 17.1 Å². The van der Waals surface area contributed by atoms with Crippen molar-refractivity contribution in [3.05, 3.63) is 27.8 Å². The number of aliphatic hydroxyl groups is 1. The third-order valence-electron chi connectivity index (χ3n) is 4.39. The van der Waals surface area contributed by atoms with Crippen LogP contribution in [0.5, 0.6) is 5.75 Å². The lowest BCUT2D eigenvalue weighted by atomic mass is 10.1. The minimum atomic E-state index is -1.61. The number of rotatable bonds is 3. The maximum absolute atomic E-state index is 10.6. The van der Waals surface area contributed by atoms with E-state index in [1.807, 2.05) is 0 Å². The Hall–Kier alpha value is -1.42. The van der Waals surface area contributed by atoms with Crippen molar-refractivity contribution >= 4 is 17.1 Å². The Kier molecular flexibility index (Phi) is 6.61. The molecule has 0 aromatic heterocycles. The van der Waals surface area contributed by atoms with Crippen LogP contribution in [0.3, 0.4) is 0 Å². The summed E-state index contributed by atoms with van der Waals surface area (Å²) in [5, 5.41) is 71.7. The van der Waals surface area contributed by atoms with Crippen molar-refractivity contribution < 1.29 is 41.5 Å². The van der Waals surface area contributed by atoms with Gasteiger partial charge in [0.15, 0.2) is 5.69 Å². The van der Waals surface area contributed by atoms with Crippen molar-refractivity contribution in [1.29, 1.82) is 0 Å². The van der Waals surface area contributed by atoms with Crippen molar-refractivity contribution in [1.82, 2.24) is 4.90 Å². The maximum Gasteiger partial charge on any atom is 0.247 e. The van der Waals surface area contributed by atoms with Crippen LogP contribution in [0.25, 0.3) is 0 Å². The van der Waals surface area contributed by atoms with Crippen LogP contribution in [0, 0.1) is 15.6 Å². The second-order valence-electron chi connectivity index (χ2n) is 5.94. The molecular formula is C13H22N4O8. The Balaban J connectivity index is 0.000000208. The second kappa shape index (κ2) is 8.31. The average molecular weight is 362 g/mol. The second-order valence-corrected chi connectivity index (χ2v) is 5.94. The van der Waals surface area contributed by atoms with E-state index in [0.29, 0.717) is 18.2 Å². The number of hydrogen-bond donors (Lipinski definition) is 8. The number of nitrogens with one attached hydrogen (secondary N) is 3. The SMILES string of the molecule is OC1CCN2CCCC12.[O-][NH+](O)c1cc([NH+]([O-])O)c(O)c([NH+]([O-])O)c1. The van der Waals surface area contributed by atoms with Gasteiger partial charge in [0.05, 0.1) is 18.2 Å². The van der Waals surface area contributed by atoms with Crippen molar-refractivity contribution in [2.75, 3.05) is 13.1 Å². The van der Waals surface area contributed by atoms with Crippen molar-refractivity contribution in [2.24, 2.45) is 0 Å². The highest BCUT2D eigenvalue weighted by molar-refractivity contribution is 5.64. The van der Waals surface area contributed by atoms with Gasteiger partial charge in [0.2, 0.25) is 17.1 Å². The molecule has 1 aromatic rings. The van der Waals surface area contributed by atoms with Crippen LogP contribution in [0.2, 0.25) is 0 Å². The number of phenolic OH excluding ortho intramolecular Hbond substituents is 1. The van der Waals surface area contributed by atoms with E-state index in [-0.39, 0.29) is 6.10 Å². The highest BCUT2D eigenvalue weighted by Crippen LogP contribution is 2.29. The first-order valence-electron chi connectivity index (χ1n) is 7.71. The summed E-state index contributed by atoms with van der Waals surface area (Å²) >= 11 is 0. The topological polar surface area (TPSA) is 187 Å². The number of benzene rings is 1. The van der Waals surface area contributed by atoms with E-state index in [9.17, 15) is 25.8 Å². The Morgan fingerprint density at radius 1 is 0.920 bits per heavy atom. The number of aliphatic hydroxyl groups excluding tert-OH is 1. The lowest BCUT2D eigenvalue weighted by Crippen LogP contribution is -3.02. The van der Waals surface area contributed by atoms with Gasteiger partial charge in [0.25, 0.3) is 0 Å². The molecule has 12 heteroatoms. The van der Waals surface area contributed by atoms with Gasteiger partial charge in [-0.3, -0.25) is 4.90 Å². The van der Waals surface area contributed by atoms with Crippen LogP contribution >= 0.6 is 0 Å². The molecule has 0 amide bonds. The molecule has 0 radical (unpaired) electrons. The molecule has 5 unspecified atom stereocenters. The summed E-state index contributed by atoms with van der Waals surface area (Å²) in [6.07, 6.45) is 3.51. The lowest BCUT2D eigenvalue weighted by molar-refractivity contribution is -1.00. The molecule has 0 aliphatic carbocycles. The molecule has 0 saturated carbocycles. The van der Waals surface area contributed by atoms with Gasteiger partial charge in [-0.2, -0.15) is 15.7 Å². The third-order valence-corrected chi connectivity index (χ3v) is 4.39. The summed E-state index contributed by atoms with van der Waals surface area (Å²) < 4.78 is 0. The number of aromatic hydroxyl groups is 1. The van der Waals surface area contributed by atoms with Gasteiger partial charge in [-0.1, -0.05) is 0 Å². The fraction of sp³-hybridized carbons (Fsp3) is 0.538. The predicted molar refractivity (Wildman–Crippen MR) is 80.7 cm³/mol. The lowest BCUT2D eigenvalue weighted by Gasteiger charge is -2.20. The number of fused-ring (bicyclic) bond motifs is 1. The van der Waals surface area contributed by atoms with Crippen LogP contribution in [-0.4, -0.2) is 56.0 Å². The fourth-order valence-electron chi connectivity index (χ4n) is 3.14. The first-order chi connectivity index (χ1) is 11.7. The van der Waals surface area contributed by atoms with E-state index in [0.717, 1.165) is 13.0 Å². The van der Waals surface area contributed by atoms with Gasteiger partial charge in [-0.25, -0.2) is 15.6 Å². The molecule has 2 aliphatic rings. The van der Waals surface area contributed by atoms with E-state index in [1.54, 1.807) is 0 Å². The van der Waals surface area contributed by atoms with E-state index < -0.39 is 38.5 Å². The monoisotopic (exact) mass is 362 g/mol. The van der Waals surface area contributed by atoms with E-state index in [4.69, 9.17) is 15.6 Å². The van der Waals surface area contributed by atoms with Crippen LogP contribution in [0.1, 0.15) is 19.3 Å². The molecule has 5 atom stereocenters. The van der Waals surface area contributed by atoms with Crippen LogP contribution < -0.4 is 15.7 Å². The number of phenols is 1. The van der Waals surface area contributed by atoms with E-state index in [1.165, 1.54) is 19.4 Å². The van der Waals surface area contributed by atoms with E-state index in [2.05, 4.69) is 4.90 Å². The summed E-state index contributed by atoms with van der Waals surface area (Å²) in [7, 11) is 0. The Bertz CT molecular complexity index is 556. The first-order valence-corrected chi connectivity index (χ1v) is 7.71. The summed E-state index contributed by atoms with van der Waals surface area (Å²) in [5.74, 6) is -0.968. The van der Waals surface area contributed by atoms with Gasteiger partial charge in [0, 0.05) is 12.6 Å². The van der Waals surface area contributed by atoms with Crippen LogP contribution in [-0.2, 0) is 0 Å². The van der Waals surface area contributed by atoms with Gasteiger partial charge in [-0.15, -0.1) is 0 Å². The molecule has 142 valence electrons. The van der Waals surface area contributed by atoms with Crippen molar-refractivity contribution in [3.63, 3.8) is 0 Å².